The first-order chi connectivity index (χ1) is 4.43. The zero-order valence-electron chi connectivity index (χ0n) is 5.04. The van der Waals surface area contributed by atoms with E-state index in [2.05, 4.69) is 21.2 Å². The first-order valence-electron chi connectivity index (χ1n) is 2.67. The summed E-state index contributed by atoms with van der Waals surface area (Å²) in [6, 6.07) is 0. The molecule has 1 aromatic heterocycles. The molecule has 0 aliphatic heterocycles. The zero-order valence-corrected chi connectivity index (χ0v) is 5.04. The fourth-order valence-electron chi connectivity index (χ4n) is 0.566. The van der Waals surface area contributed by atoms with E-state index in [4.69, 9.17) is 0 Å². The number of nitrogens with zero attached hydrogens (tertiary/aromatic N) is 2. The summed E-state index contributed by atoms with van der Waals surface area (Å²) in [6.45, 7) is 0.723. The molecule has 0 saturated carbocycles. The van der Waals surface area contributed by atoms with Crippen LogP contribution in [0.25, 0.3) is 0 Å². The molecule has 1 heterocycles. The van der Waals surface area contributed by atoms with Crippen LogP contribution in [0.2, 0.25) is 0 Å². The van der Waals surface area contributed by atoms with Crippen molar-refractivity contribution in [1.82, 2.24) is 15.4 Å². The lowest BCUT2D eigenvalue weighted by Crippen LogP contribution is -2.64. The molecule has 0 spiro atoms. The van der Waals surface area contributed by atoms with Gasteiger partial charge in [-0.15, -0.1) is 0 Å². The van der Waals surface area contributed by atoms with E-state index in [1.54, 1.807) is 12.4 Å². The van der Waals surface area contributed by atoms with Crippen LogP contribution in [0.5, 0.6) is 0 Å². The van der Waals surface area contributed by atoms with Crippen LogP contribution in [0.3, 0.4) is 0 Å². The summed E-state index contributed by atoms with van der Waals surface area (Å²) in [5.41, 5.74) is 3.80. The minimum absolute atomic E-state index is 0.723. The third kappa shape index (κ3) is 1.75. The SMILES string of the molecule is [NH3+]NCc1cncnc1. The Morgan fingerprint density at radius 2 is 2.11 bits per heavy atom. The highest BCUT2D eigenvalue weighted by Crippen LogP contribution is 1.88. The number of nitrogens with one attached hydrogen (secondary N) is 1. The van der Waals surface area contributed by atoms with E-state index in [1.807, 2.05) is 0 Å². The second kappa shape index (κ2) is 3.11. The van der Waals surface area contributed by atoms with Crippen molar-refractivity contribution in [3.05, 3.63) is 24.3 Å². The Balaban J connectivity index is 2.61. The van der Waals surface area contributed by atoms with Crippen molar-refractivity contribution in [3.8, 4) is 0 Å². The Hall–Kier alpha value is -1.00. The van der Waals surface area contributed by atoms with E-state index in [9.17, 15) is 0 Å². The summed E-state index contributed by atoms with van der Waals surface area (Å²) in [7, 11) is 0. The Morgan fingerprint density at radius 1 is 1.44 bits per heavy atom. The average Bonchev–Trinajstić information content (AvgIpc) is 1.91. The van der Waals surface area contributed by atoms with Gasteiger partial charge in [0.15, 0.2) is 0 Å². The van der Waals surface area contributed by atoms with Crippen molar-refractivity contribution in [3.63, 3.8) is 0 Å². The Labute approximate surface area is 53.1 Å². The lowest BCUT2D eigenvalue weighted by molar-refractivity contribution is -0.446. The van der Waals surface area contributed by atoms with Gasteiger partial charge in [-0.25, -0.2) is 9.97 Å². The first kappa shape index (κ1) is 6.12. The number of aromatic nitrogens is 2. The highest BCUT2D eigenvalue weighted by molar-refractivity contribution is 5.00. The predicted molar refractivity (Wildman–Crippen MR) is 31.8 cm³/mol. The van der Waals surface area contributed by atoms with Crippen molar-refractivity contribution in [2.75, 3.05) is 0 Å². The van der Waals surface area contributed by atoms with E-state index in [1.165, 1.54) is 6.33 Å². The molecular formula is C5H9N4+. The number of hydrogen-bond donors (Lipinski definition) is 2. The Bertz CT molecular complexity index is 162. The van der Waals surface area contributed by atoms with Crippen LogP contribution in [0.1, 0.15) is 5.56 Å². The largest absolute Gasteiger partial charge is 0.280 e. The number of hydrogen-bond acceptors (Lipinski definition) is 3. The van der Waals surface area contributed by atoms with Gasteiger partial charge in [0.25, 0.3) is 0 Å². The van der Waals surface area contributed by atoms with Gasteiger partial charge in [0.2, 0.25) is 0 Å². The maximum atomic E-state index is 3.82. The molecule has 0 fully saturated rings. The van der Waals surface area contributed by atoms with Crippen molar-refractivity contribution >= 4 is 0 Å². The molecule has 4 N–H and O–H groups in total. The van der Waals surface area contributed by atoms with Gasteiger partial charge in [0.1, 0.15) is 6.33 Å². The molecule has 0 atom stereocenters. The maximum Gasteiger partial charge on any atom is 0.115 e. The topological polar surface area (TPSA) is 65.5 Å². The van der Waals surface area contributed by atoms with Crippen molar-refractivity contribution in [1.29, 1.82) is 0 Å². The van der Waals surface area contributed by atoms with Gasteiger partial charge >= 0.3 is 0 Å². The van der Waals surface area contributed by atoms with Crippen molar-refractivity contribution in [2.45, 2.75) is 6.54 Å². The summed E-state index contributed by atoms with van der Waals surface area (Å²) in [5, 5.41) is 0. The maximum absolute atomic E-state index is 3.82. The highest BCUT2D eigenvalue weighted by Gasteiger charge is 1.87. The fraction of sp³-hybridized carbons (Fsp3) is 0.200. The van der Waals surface area contributed by atoms with E-state index in [0.29, 0.717) is 0 Å². The van der Waals surface area contributed by atoms with Crippen LogP contribution in [0.15, 0.2) is 18.7 Å². The van der Waals surface area contributed by atoms with E-state index in [-0.39, 0.29) is 0 Å². The van der Waals surface area contributed by atoms with Crippen LogP contribution >= 0.6 is 0 Å². The Morgan fingerprint density at radius 3 is 2.67 bits per heavy atom. The Kier molecular flexibility index (Phi) is 2.12. The summed E-state index contributed by atoms with van der Waals surface area (Å²) in [5.74, 6) is 3.48. The molecule has 4 nitrogen and oxygen atoms in total. The van der Waals surface area contributed by atoms with Gasteiger partial charge in [-0.05, 0) is 0 Å². The molecule has 0 aliphatic carbocycles. The van der Waals surface area contributed by atoms with Crippen molar-refractivity contribution < 1.29 is 5.84 Å². The standard InChI is InChI=1S/C5H8N4/c6-9-3-5-1-7-4-8-2-5/h1-2,4,9H,3,6H2/p+1. The number of quaternary nitrogens is 1. The lowest BCUT2D eigenvalue weighted by atomic mass is 10.3. The van der Waals surface area contributed by atoms with Crippen LogP contribution in [-0.4, -0.2) is 9.97 Å². The minimum Gasteiger partial charge on any atom is -0.280 e. The van der Waals surface area contributed by atoms with Crippen LogP contribution in [0, 0.1) is 0 Å². The van der Waals surface area contributed by atoms with Crippen LogP contribution < -0.4 is 11.3 Å². The zero-order chi connectivity index (χ0) is 6.53. The first-order valence-corrected chi connectivity index (χ1v) is 2.67. The smallest absolute Gasteiger partial charge is 0.115 e. The van der Waals surface area contributed by atoms with Crippen molar-refractivity contribution in [2.24, 2.45) is 0 Å². The van der Waals surface area contributed by atoms with E-state index < -0.39 is 0 Å². The highest BCUT2D eigenvalue weighted by atomic mass is 15.2. The quantitative estimate of drug-likeness (QED) is 0.484. The monoisotopic (exact) mass is 125 g/mol. The third-order valence-electron chi connectivity index (χ3n) is 0.943. The average molecular weight is 125 g/mol. The summed E-state index contributed by atoms with van der Waals surface area (Å²) >= 11 is 0. The van der Waals surface area contributed by atoms with Gasteiger partial charge < -0.3 is 0 Å². The third-order valence-corrected chi connectivity index (χ3v) is 0.943. The normalized spacial score (nSPS) is 9.44. The van der Waals surface area contributed by atoms with Gasteiger partial charge in [-0.3, -0.25) is 5.84 Å². The van der Waals surface area contributed by atoms with Gasteiger partial charge in [0, 0.05) is 18.0 Å². The number of rotatable bonds is 2. The molecule has 9 heavy (non-hydrogen) atoms. The second-order valence-electron chi connectivity index (χ2n) is 1.67. The molecule has 1 aromatic rings. The summed E-state index contributed by atoms with van der Waals surface area (Å²) in [6.07, 6.45) is 5.02. The molecule has 0 unspecified atom stereocenters. The molecule has 0 bridgehead atoms. The molecule has 4 heteroatoms. The fourth-order valence-corrected chi connectivity index (χ4v) is 0.566. The molecule has 0 saturated heterocycles. The molecule has 1 rings (SSSR count). The summed E-state index contributed by atoms with van der Waals surface area (Å²) in [4.78, 5) is 7.65. The minimum atomic E-state index is 0.723. The molecule has 0 aromatic carbocycles. The van der Waals surface area contributed by atoms with Crippen LogP contribution in [0.4, 0.5) is 0 Å². The van der Waals surface area contributed by atoms with E-state index >= 15 is 0 Å². The molecule has 0 amide bonds. The van der Waals surface area contributed by atoms with Gasteiger partial charge in [-0.1, -0.05) is 0 Å². The van der Waals surface area contributed by atoms with Crippen LogP contribution in [-0.2, 0) is 6.54 Å². The molecular weight excluding hydrogens is 116 g/mol. The molecule has 0 radical (unpaired) electrons. The van der Waals surface area contributed by atoms with E-state index in [0.717, 1.165) is 12.1 Å². The predicted octanol–water partition coefficient (Wildman–Crippen LogP) is -1.28. The van der Waals surface area contributed by atoms with Gasteiger partial charge in [0.05, 0.1) is 6.54 Å². The summed E-state index contributed by atoms with van der Waals surface area (Å²) < 4.78 is 0. The lowest BCUT2D eigenvalue weighted by Gasteiger charge is -1.92. The second-order valence-corrected chi connectivity index (χ2v) is 1.67. The molecule has 0 aliphatic rings. The molecule has 48 valence electrons. The van der Waals surface area contributed by atoms with Gasteiger partial charge in [-0.2, -0.15) is 5.43 Å².